The number of likely N-dealkylation sites (N-methyl/N-ethyl adjacent to an activating group) is 1. The number of quaternary nitrogens is 1. The van der Waals surface area contributed by atoms with Crippen LogP contribution in [0.15, 0.2) is 36.4 Å². The van der Waals surface area contributed by atoms with Gasteiger partial charge in [-0.2, -0.15) is 0 Å². The average molecular weight is 375 g/mol. The zero-order chi connectivity index (χ0) is 20.0. The summed E-state index contributed by atoms with van der Waals surface area (Å²) in [6, 6.07) is 7.86. The Morgan fingerprint density at radius 2 is 1.63 bits per heavy atom. The topological polar surface area (TPSA) is 41.1 Å². The molecule has 2 N–H and O–H groups in total. The van der Waals surface area contributed by atoms with Gasteiger partial charge in [-0.15, -0.1) is 0 Å². The van der Waals surface area contributed by atoms with Gasteiger partial charge in [-0.3, -0.25) is 0 Å². The second-order valence-corrected chi connectivity index (χ2v) is 7.37. The van der Waals surface area contributed by atoms with Gasteiger partial charge in [-0.05, 0) is 56.9 Å². The number of amides is 2. The van der Waals surface area contributed by atoms with Crippen molar-refractivity contribution in [1.82, 2.24) is 5.32 Å². The second-order valence-electron chi connectivity index (χ2n) is 7.37. The van der Waals surface area contributed by atoms with Crippen molar-refractivity contribution in [2.75, 3.05) is 38.5 Å². The van der Waals surface area contributed by atoms with Gasteiger partial charge in [0.15, 0.2) is 0 Å². The van der Waals surface area contributed by atoms with E-state index in [4.69, 9.17) is 0 Å². The molecule has 4 nitrogen and oxygen atoms in total. The molecular formula is C23H40N3O+. The number of nitrogens with zero attached hydrogens (tertiary/aromatic N) is 1. The Labute approximate surface area is 166 Å². The average Bonchev–Trinajstić information content (AvgIpc) is 2.70. The first-order chi connectivity index (χ1) is 13.1. The number of nitrogens with one attached hydrogen (secondary N) is 2. The summed E-state index contributed by atoms with van der Waals surface area (Å²) in [5, 5.41) is 5.34. The van der Waals surface area contributed by atoms with Crippen LogP contribution in [-0.4, -0.2) is 43.7 Å². The zero-order valence-corrected chi connectivity index (χ0v) is 17.9. The standard InChI is InChI=1S/C23H39N3O/c1-5-8-9-10-12-19-26(6-2,7-3)20-13-11-14-21-15-17-22(18-16-21)25-23(27)24-4/h11,13,15-18H,5-10,12,14,19-20H2,1-4H3,(H-,24,25,27)/p+1. The number of allylic oxidation sites excluding steroid dienone is 1. The predicted octanol–water partition coefficient (Wildman–Crippen LogP) is 5.36. The maximum Gasteiger partial charge on any atom is 0.318 e. The molecule has 0 aromatic heterocycles. The molecule has 0 spiro atoms. The summed E-state index contributed by atoms with van der Waals surface area (Å²) in [4.78, 5) is 11.3. The van der Waals surface area contributed by atoms with Crippen molar-refractivity contribution in [2.45, 2.75) is 59.3 Å². The van der Waals surface area contributed by atoms with Crippen molar-refractivity contribution in [2.24, 2.45) is 0 Å². The normalized spacial score (nSPS) is 11.7. The Bertz CT molecular complexity index is 547. The largest absolute Gasteiger partial charge is 0.341 e. The number of hydrogen-bond donors (Lipinski definition) is 2. The van der Waals surface area contributed by atoms with Crippen molar-refractivity contribution < 1.29 is 9.28 Å². The van der Waals surface area contributed by atoms with Gasteiger partial charge in [0, 0.05) is 12.7 Å². The van der Waals surface area contributed by atoms with E-state index in [2.05, 4.69) is 55.7 Å². The molecule has 0 radical (unpaired) electrons. The highest BCUT2D eigenvalue weighted by molar-refractivity contribution is 5.88. The number of hydrogen-bond acceptors (Lipinski definition) is 1. The molecule has 0 aliphatic heterocycles. The van der Waals surface area contributed by atoms with E-state index in [0.29, 0.717) is 0 Å². The third-order valence-electron chi connectivity index (χ3n) is 5.53. The third-order valence-corrected chi connectivity index (χ3v) is 5.53. The summed E-state index contributed by atoms with van der Waals surface area (Å²) in [6.07, 6.45) is 12.4. The zero-order valence-electron chi connectivity index (χ0n) is 17.9. The second kappa shape index (κ2) is 13.4. The fourth-order valence-corrected chi connectivity index (χ4v) is 3.38. The minimum atomic E-state index is -0.189. The molecule has 0 saturated heterocycles. The SMILES string of the molecule is CCCCCCC[N+](CC)(CC)CC=CCc1ccc(NC(=O)NC)cc1. The number of benzene rings is 1. The van der Waals surface area contributed by atoms with Crippen LogP contribution in [0.2, 0.25) is 0 Å². The highest BCUT2D eigenvalue weighted by Gasteiger charge is 2.20. The Kier molecular flexibility index (Phi) is 11.5. The monoisotopic (exact) mass is 374 g/mol. The minimum Gasteiger partial charge on any atom is -0.341 e. The molecular weight excluding hydrogens is 334 g/mol. The van der Waals surface area contributed by atoms with E-state index in [1.165, 1.54) is 61.8 Å². The predicted molar refractivity (Wildman–Crippen MR) is 117 cm³/mol. The molecule has 0 bridgehead atoms. The molecule has 0 saturated carbocycles. The summed E-state index contributed by atoms with van der Waals surface area (Å²) in [6.45, 7) is 11.7. The summed E-state index contributed by atoms with van der Waals surface area (Å²) in [5.74, 6) is 0. The Hall–Kier alpha value is -1.81. The lowest BCUT2D eigenvalue weighted by Crippen LogP contribution is -2.48. The van der Waals surface area contributed by atoms with Gasteiger partial charge < -0.3 is 15.1 Å². The molecule has 27 heavy (non-hydrogen) atoms. The van der Waals surface area contributed by atoms with Crippen LogP contribution in [0.1, 0.15) is 58.4 Å². The number of carbonyl (C=O) groups is 1. The maximum atomic E-state index is 11.3. The Balaban J connectivity index is 2.46. The lowest BCUT2D eigenvalue weighted by Gasteiger charge is -2.36. The molecule has 1 aromatic carbocycles. The molecule has 0 aliphatic rings. The van der Waals surface area contributed by atoms with Gasteiger partial charge in [0.2, 0.25) is 0 Å². The number of carbonyl (C=O) groups excluding carboxylic acids is 1. The third kappa shape index (κ3) is 9.09. The van der Waals surface area contributed by atoms with Crippen LogP contribution in [-0.2, 0) is 6.42 Å². The van der Waals surface area contributed by atoms with Gasteiger partial charge in [-0.1, -0.05) is 44.4 Å². The van der Waals surface area contributed by atoms with E-state index in [9.17, 15) is 4.79 Å². The van der Waals surface area contributed by atoms with E-state index in [1.54, 1.807) is 7.05 Å². The molecule has 1 aromatic rings. The van der Waals surface area contributed by atoms with Crippen LogP contribution in [0.3, 0.4) is 0 Å². The van der Waals surface area contributed by atoms with Crippen LogP contribution in [0.5, 0.6) is 0 Å². The van der Waals surface area contributed by atoms with Crippen molar-refractivity contribution >= 4 is 11.7 Å². The molecule has 1 rings (SSSR count). The van der Waals surface area contributed by atoms with E-state index in [-0.39, 0.29) is 6.03 Å². The van der Waals surface area contributed by atoms with Crippen molar-refractivity contribution in [3.8, 4) is 0 Å². The van der Waals surface area contributed by atoms with Crippen LogP contribution in [0.25, 0.3) is 0 Å². The van der Waals surface area contributed by atoms with Crippen LogP contribution >= 0.6 is 0 Å². The molecule has 152 valence electrons. The summed E-state index contributed by atoms with van der Waals surface area (Å²) in [5.41, 5.74) is 2.08. The molecule has 0 atom stereocenters. The first-order valence-electron chi connectivity index (χ1n) is 10.7. The van der Waals surface area contributed by atoms with Crippen LogP contribution in [0, 0.1) is 0 Å². The Morgan fingerprint density at radius 1 is 0.963 bits per heavy atom. The smallest absolute Gasteiger partial charge is 0.318 e. The van der Waals surface area contributed by atoms with Crippen molar-refractivity contribution in [3.63, 3.8) is 0 Å². The molecule has 0 unspecified atom stereocenters. The van der Waals surface area contributed by atoms with E-state index in [1.807, 2.05) is 12.1 Å². The van der Waals surface area contributed by atoms with Crippen molar-refractivity contribution in [3.05, 3.63) is 42.0 Å². The van der Waals surface area contributed by atoms with Crippen molar-refractivity contribution in [1.29, 1.82) is 0 Å². The van der Waals surface area contributed by atoms with E-state index < -0.39 is 0 Å². The van der Waals surface area contributed by atoms with E-state index >= 15 is 0 Å². The minimum absolute atomic E-state index is 0.189. The van der Waals surface area contributed by atoms with Gasteiger partial charge in [0.25, 0.3) is 0 Å². The lowest BCUT2D eigenvalue weighted by atomic mass is 10.1. The Morgan fingerprint density at radius 3 is 2.22 bits per heavy atom. The van der Waals surface area contributed by atoms with Gasteiger partial charge in [0.05, 0.1) is 26.2 Å². The first kappa shape index (κ1) is 23.2. The quantitative estimate of drug-likeness (QED) is 0.272. The number of urea groups is 1. The van der Waals surface area contributed by atoms with Gasteiger partial charge >= 0.3 is 6.03 Å². The summed E-state index contributed by atoms with van der Waals surface area (Å²) in [7, 11) is 1.62. The maximum absolute atomic E-state index is 11.3. The van der Waals surface area contributed by atoms with E-state index in [0.717, 1.165) is 18.7 Å². The number of anilines is 1. The fourth-order valence-electron chi connectivity index (χ4n) is 3.38. The summed E-state index contributed by atoms with van der Waals surface area (Å²) >= 11 is 0. The van der Waals surface area contributed by atoms with Crippen LogP contribution in [0.4, 0.5) is 10.5 Å². The summed E-state index contributed by atoms with van der Waals surface area (Å²) < 4.78 is 1.19. The molecule has 4 heteroatoms. The lowest BCUT2D eigenvalue weighted by molar-refractivity contribution is -0.919. The van der Waals surface area contributed by atoms with Crippen LogP contribution < -0.4 is 10.6 Å². The van der Waals surface area contributed by atoms with Gasteiger partial charge in [0.1, 0.15) is 0 Å². The fraction of sp³-hybridized carbons (Fsp3) is 0.609. The molecule has 0 heterocycles. The molecule has 0 fully saturated rings. The van der Waals surface area contributed by atoms with Gasteiger partial charge in [-0.25, -0.2) is 4.79 Å². The number of unbranched alkanes of at least 4 members (excludes halogenated alkanes) is 4. The number of rotatable bonds is 13. The molecule has 0 aliphatic carbocycles. The first-order valence-corrected chi connectivity index (χ1v) is 10.7. The molecule has 2 amide bonds. The highest BCUT2D eigenvalue weighted by Crippen LogP contribution is 2.13. The highest BCUT2D eigenvalue weighted by atomic mass is 16.2.